The Morgan fingerprint density at radius 3 is 2.67 bits per heavy atom. The molecule has 3 heteroatoms. The second-order valence-corrected chi connectivity index (χ2v) is 2.97. The lowest BCUT2D eigenvalue weighted by Gasteiger charge is -2.06. The highest BCUT2D eigenvalue weighted by Crippen LogP contribution is 2.25. The molecule has 1 aromatic rings. The number of ether oxygens (including phenoxy) is 1. The molecule has 0 amide bonds. The number of hydrogen-bond donors (Lipinski definition) is 1. The second-order valence-electron chi connectivity index (χ2n) is 2.46. The molecule has 62 valence electrons. The van der Waals surface area contributed by atoms with E-state index >= 15 is 0 Å². The van der Waals surface area contributed by atoms with Crippen molar-refractivity contribution in [2.75, 3.05) is 7.11 Å². The van der Waals surface area contributed by atoms with Gasteiger partial charge < -0.3 is 4.74 Å². The summed E-state index contributed by atoms with van der Waals surface area (Å²) in [5.74, 6) is 0.635. The lowest BCUT2D eigenvalue weighted by molar-refractivity contribution is 0.410. The molecule has 0 bridgehead atoms. The summed E-state index contributed by atoms with van der Waals surface area (Å²) in [7, 11) is 1.56. The van der Waals surface area contributed by atoms with Crippen molar-refractivity contribution in [1.82, 2.24) is 0 Å². The number of rotatable bonds is 1. The Morgan fingerprint density at radius 1 is 1.50 bits per heavy atom. The van der Waals surface area contributed by atoms with Crippen LogP contribution in [-0.4, -0.2) is 7.11 Å². The predicted molar refractivity (Wildman–Crippen MR) is 49.7 cm³/mol. The molecule has 2 nitrogen and oxygen atoms in total. The number of thiol groups is 1. The summed E-state index contributed by atoms with van der Waals surface area (Å²) in [6, 6.07) is 5.61. The van der Waals surface area contributed by atoms with E-state index in [0.717, 1.165) is 10.5 Å². The third-order valence-electron chi connectivity index (χ3n) is 1.58. The molecule has 0 spiro atoms. The van der Waals surface area contributed by atoms with Gasteiger partial charge in [-0.1, -0.05) is 0 Å². The number of aryl methyl sites for hydroxylation is 1. The maximum absolute atomic E-state index is 8.73. The minimum Gasteiger partial charge on any atom is -0.495 e. The lowest BCUT2D eigenvalue weighted by atomic mass is 10.1. The highest BCUT2D eigenvalue weighted by Gasteiger charge is 2.05. The van der Waals surface area contributed by atoms with Crippen molar-refractivity contribution in [2.45, 2.75) is 11.8 Å². The molecule has 0 N–H and O–H groups in total. The number of methoxy groups -OCH3 is 1. The maximum Gasteiger partial charge on any atom is 0.139 e. The van der Waals surface area contributed by atoms with E-state index in [-0.39, 0.29) is 0 Å². The summed E-state index contributed by atoms with van der Waals surface area (Å²) in [5.41, 5.74) is 1.46. The Kier molecular flexibility index (Phi) is 2.61. The van der Waals surface area contributed by atoms with Crippen molar-refractivity contribution in [2.24, 2.45) is 0 Å². The van der Waals surface area contributed by atoms with Gasteiger partial charge in [-0.05, 0) is 24.6 Å². The van der Waals surface area contributed by atoms with Crippen molar-refractivity contribution in [1.29, 1.82) is 5.26 Å². The smallest absolute Gasteiger partial charge is 0.139 e. The highest BCUT2D eigenvalue weighted by atomic mass is 32.1. The van der Waals surface area contributed by atoms with E-state index in [1.165, 1.54) is 0 Å². The van der Waals surface area contributed by atoms with Gasteiger partial charge in [0.2, 0.25) is 0 Å². The Balaban J connectivity index is 3.36. The van der Waals surface area contributed by atoms with E-state index in [2.05, 4.69) is 18.7 Å². The van der Waals surface area contributed by atoms with Gasteiger partial charge in [-0.15, -0.1) is 12.6 Å². The minimum absolute atomic E-state index is 0.530. The summed E-state index contributed by atoms with van der Waals surface area (Å²) in [5, 5.41) is 8.73. The van der Waals surface area contributed by atoms with Gasteiger partial charge >= 0.3 is 0 Å². The van der Waals surface area contributed by atoms with Gasteiger partial charge in [0.1, 0.15) is 11.8 Å². The Bertz CT molecular complexity index is 341. The molecule has 0 aromatic heterocycles. The van der Waals surface area contributed by atoms with E-state index in [0.29, 0.717) is 11.3 Å². The third kappa shape index (κ3) is 1.54. The number of hydrogen-bond acceptors (Lipinski definition) is 3. The molecule has 1 aromatic carbocycles. The lowest BCUT2D eigenvalue weighted by Crippen LogP contribution is -1.91. The third-order valence-corrected chi connectivity index (χ3v) is 1.84. The summed E-state index contributed by atoms with van der Waals surface area (Å²) in [6.07, 6.45) is 0. The zero-order valence-electron chi connectivity index (χ0n) is 6.96. The minimum atomic E-state index is 0.530. The molecular formula is C9H9NOS. The molecule has 0 aliphatic carbocycles. The molecule has 0 aliphatic rings. The van der Waals surface area contributed by atoms with Gasteiger partial charge in [-0.25, -0.2) is 0 Å². The average Bonchev–Trinajstić information content (AvgIpc) is 2.03. The van der Waals surface area contributed by atoms with Crippen molar-refractivity contribution in [3.63, 3.8) is 0 Å². The van der Waals surface area contributed by atoms with Gasteiger partial charge in [0.25, 0.3) is 0 Å². The van der Waals surface area contributed by atoms with Crippen molar-refractivity contribution in [3.05, 3.63) is 23.3 Å². The quantitative estimate of drug-likeness (QED) is 0.670. The monoisotopic (exact) mass is 179 g/mol. The Hall–Kier alpha value is -1.14. The molecule has 0 fully saturated rings. The normalized spacial score (nSPS) is 9.17. The fourth-order valence-corrected chi connectivity index (χ4v) is 1.43. The summed E-state index contributed by atoms with van der Waals surface area (Å²) in [6.45, 7) is 1.89. The van der Waals surface area contributed by atoms with E-state index in [1.807, 2.05) is 13.0 Å². The standard InChI is InChI=1S/C9H9NOS/c1-6-3-8(12)4-7(5-10)9(6)11-2/h3-4,12H,1-2H3. The van der Waals surface area contributed by atoms with Gasteiger partial charge in [-0.2, -0.15) is 5.26 Å². The van der Waals surface area contributed by atoms with Gasteiger partial charge in [0.05, 0.1) is 12.7 Å². The van der Waals surface area contributed by atoms with Gasteiger partial charge in [-0.3, -0.25) is 0 Å². The van der Waals surface area contributed by atoms with E-state index < -0.39 is 0 Å². The van der Waals surface area contributed by atoms with Crippen molar-refractivity contribution < 1.29 is 4.74 Å². The fourth-order valence-electron chi connectivity index (χ4n) is 1.11. The average molecular weight is 179 g/mol. The first kappa shape index (κ1) is 8.95. The molecule has 0 aliphatic heterocycles. The van der Waals surface area contributed by atoms with Crippen LogP contribution in [0.1, 0.15) is 11.1 Å². The molecule has 1 rings (SSSR count). The first-order chi connectivity index (χ1) is 5.69. The van der Waals surface area contributed by atoms with Crippen LogP contribution in [0.4, 0.5) is 0 Å². The number of nitriles is 1. The van der Waals surface area contributed by atoms with E-state index in [1.54, 1.807) is 13.2 Å². The van der Waals surface area contributed by atoms with Crippen LogP contribution in [-0.2, 0) is 0 Å². The summed E-state index contributed by atoms with van der Waals surface area (Å²) in [4.78, 5) is 0.782. The zero-order valence-corrected chi connectivity index (χ0v) is 7.85. The largest absolute Gasteiger partial charge is 0.495 e. The molecule has 0 saturated carbocycles. The highest BCUT2D eigenvalue weighted by molar-refractivity contribution is 7.80. The van der Waals surface area contributed by atoms with Crippen LogP contribution in [0, 0.1) is 18.3 Å². The fraction of sp³-hybridized carbons (Fsp3) is 0.222. The second kappa shape index (κ2) is 3.51. The zero-order chi connectivity index (χ0) is 9.14. The Morgan fingerprint density at radius 2 is 2.17 bits per heavy atom. The van der Waals surface area contributed by atoms with Crippen LogP contribution in [0.5, 0.6) is 5.75 Å². The van der Waals surface area contributed by atoms with Crippen LogP contribution < -0.4 is 4.74 Å². The predicted octanol–water partition coefficient (Wildman–Crippen LogP) is 2.16. The summed E-state index contributed by atoms with van der Waals surface area (Å²) >= 11 is 4.16. The SMILES string of the molecule is COc1c(C)cc(S)cc1C#N. The molecule has 0 radical (unpaired) electrons. The molecular weight excluding hydrogens is 170 g/mol. The summed E-state index contributed by atoms with van der Waals surface area (Å²) < 4.78 is 5.07. The maximum atomic E-state index is 8.73. The van der Waals surface area contributed by atoms with Crippen molar-refractivity contribution >= 4 is 12.6 Å². The number of benzene rings is 1. The first-order valence-electron chi connectivity index (χ1n) is 3.46. The van der Waals surface area contributed by atoms with Crippen LogP contribution in [0.15, 0.2) is 17.0 Å². The van der Waals surface area contributed by atoms with Crippen LogP contribution in [0.3, 0.4) is 0 Å². The molecule has 0 heterocycles. The molecule has 0 saturated heterocycles. The topological polar surface area (TPSA) is 33.0 Å². The molecule has 0 atom stereocenters. The molecule has 12 heavy (non-hydrogen) atoms. The van der Waals surface area contributed by atoms with E-state index in [4.69, 9.17) is 10.00 Å². The van der Waals surface area contributed by atoms with Crippen LogP contribution in [0.25, 0.3) is 0 Å². The van der Waals surface area contributed by atoms with Crippen LogP contribution >= 0.6 is 12.6 Å². The van der Waals surface area contributed by atoms with Gasteiger partial charge in [0, 0.05) is 4.90 Å². The number of nitrogens with zero attached hydrogens (tertiary/aromatic N) is 1. The van der Waals surface area contributed by atoms with Crippen molar-refractivity contribution in [3.8, 4) is 11.8 Å². The molecule has 0 unspecified atom stereocenters. The first-order valence-corrected chi connectivity index (χ1v) is 3.91. The Labute approximate surface area is 77.2 Å². The van der Waals surface area contributed by atoms with Gasteiger partial charge in [0.15, 0.2) is 0 Å². The van der Waals surface area contributed by atoms with Crippen LogP contribution in [0.2, 0.25) is 0 Å². The van der Waals surface area contributed by atoms with E-state index in [9.17, 15) is 0 Å².